The lowest BCUT2D eigenvalue weighted by Gasteiger charge is -2.22. The van der Waals surface area contributed by atoms with Crippen LogP contribution in [0.3, 0.4) is 0 Å². The third kappa shape index (κ3) is 3.74. The fraction of sp³-hybridized carbons (Fsp3) is 0.200. The van der Waals surface area contributed by atoms with Crippen LogP contribution in [-0.2, 0) is 12.4 Å². The Morgan fingerprint density at radius 3 is 2.42 bits per heavy atom. The smallest absolute Gasteiger partial charge is 0.0511 e. The predicted octanol–water partition coefficient (Wildman–Crippen LogP) is 5.59. The first-order valence-electron chi connectivity index (χ1n) is 5.90. The highest BCUT2D eigenvalue weighted by atomic mass is 79.9. The van der Waals surface area contributed by atoms with Gasteiger partial charge >= 0.3 is 0 Å². The first-order valence-corrected chi connectivity index (χ1v) is 8.03. The molecule has 0 heterocycles. The summed E-state index contributed by atoms with van der Waals surface area (Å²) in [5.41, 5.74) is 3.54. The summed E-state index contributed by atoms with van der Waals surface area (Å²) in [6, 6.07) is 14.5. The van der Waals surface area contributed by atoms with Crippen molar-refractivity contribution in [3.63, 3.8) is 0 Å². The molecule has 100 valence electrons. The third-order valence-electron chi connectivity index (χ3n) is 2.94. The number of anilines is 1. The Kier molecular flexibility index (Phi) is 5.31. The van der Waals surface area contributed by atoms with Crippen LogP contribution < -0.4 is 4.90 Å². The van der Waals surface area contributed by atoms with E-state index in [4.69, 9.17) is 11.6 Å². The minimum absolute atomic E-state index is 0.535. The molecule has 0 aliphatic carbocycles. The molecule has 2 aromatic rings. The van der Waals surface area contributed by atoms with E-state index < -0.39 is 0 Å². The number of benzene rings is 2. The molecule has 19 heavy (non-hydrogen) atoms. The summed E-state index contributed by atoms with van der Waals surface area (Å²) in [5, 5.41) is 0. The maximum atomic E-state index is 5.84. The summed E-state index contributed by atoms with van der Waals surface area (Å²) < 4.78 is 2.20. The fourth-order valence-electron chi connectivity index (χ4n) is 1.91. The molecule has 2 rings (SSSR count). The molecule has 0 amide bonds. The largest absolute Gasteiger partial charge is 0.369 e. The summed E-state index contributed by atoms with van der Waals surface area (Å²) >= 11 is 13.0. The van der Waals surface area contributed by atoms with Crippen molar-refractivity contribution < 1.29 is 0 Å². The molecule has 0 N–H and O–H groups in total. The van der Waals surface area contributed by atoms with Crippen LogP contribution in [-0.4, -0.2) is 7.05 Å². The molecule has 0 aromatic heterocycles. The Balaban J connectivity index is 2.21. The highest BCUT2D eigenvalue weighted by Gasteiger charge is 2.08. The number of hydrogen-bond acceptors (Lipinski definition) is 1. The molecule has 0 saturated heterocycles. The van der Waals surface area contributed by atoms with Crippen molar-refractivity contribution >= 4 is 49.1 Å². The highest BCUT2D eigenvalue weighted by Crippen LogP contribution is 2.29. The zero-order valence-electron chi connectivity index (χ0n) is 10.5. The van der Waals surface area contributed by atoms with Gasteiger partial charge in [-0.25, -0.2) is 0 Å². The van der Waals surface area contributed by atoms with Crippen molar-refractivity contribution in [2.45, 2.75) is 12.4 Å². The normalized spacial score (nSPS) is 10.5. The molecule has 0 bridgehead atoms. The summed E-state index contributed by atoms with van der Waals surface area (Å²) in [7, 11) is 2.08. The minimum Gasteiger partial charge on any atom is -0.369 e. The molecule has 0 aliphatic rings. The van der Waals surface area contributed by atoms with Crippen LogP contribution in [0.25, 0.3) is 0 Å². The molecule has 4 heteroatoms. The van der Waals surface area contributed by atoms with Crippen molar-refractivity contribution in [3.8, 4) is 0 Å². The average Bonchev–Trinajstić information content (AvgIpc) is 2.41. The first kappa shape index (κ1) is 14.9. The molecule has 1 nitrogen and oxygen atoms in total. The Bertz CT molecular complexity index is 572. The van der Waals surface area contributed by atoms with Gasteiger partial charge in [-0.2, -0.15) is 0 Å². The lowest BCUT2D eigenvalue weighted by molar-refractivity contribution is 0.915. The number of alkyl halides is 1. The van der Waals surface area contributed by atoms with Crippen molar-refractivity contribution in [1.82, 2.24) is 0 Å². The van der Waals surface area contributed by atoms with Crippen molar-refractivity contribution in [2.24, 2.45) is 0 Å². The summed E-state index contributed by atoms with van der Waals surface area (Å²) in [6.45, 7) is 0.847. The van der Waals surface area contributed by atoms with Gasteiger partial charge in [0.05, 0.1) is 5.69 Å². The highest BCUT2D eigenvalue weighted by molar-refractivity contribution is 9.11. The zero-order valence-corrected chi connectivity index (χ0v) is 14.5. The number of hydrogen-bond donors (Lipinski definition) is 0. The molecular weight excluding hydrogens is 389 g/mol. The number of rotatable bonds is 4. The van der Waals surface area contributed by atoms with Gasteiger partial charge in [-0.15, -0.1) is 11.6 Å². The number of nitrogens with zero attached hydrogens (tertiary/aromatic N) is 1. The molecule has 0 fully saturated rings. The maximum absolute atomic E-state index is 5.84. The van der Waals surface area contributed by atoms with Gasteiger partial charge in [0, 0.05) is 28.4 Å². The van der Waals surface area contributed by atoms with Gasteiger partial charge in [-0.3, -0.25) is 0 Å². The van der Waals surface area contributed by atoms with Gasteiger partial charge in [-0.05, 0) is 45.3 Å². The van der Waals surface area contributed by atoms with E-state index in [2.05, 4.69) is 80.2 Å². The van der Waals surface area contributed by atoms with Gasteiger partial charge in [0.1, 0.15) is 0 Å². The molecule has 2 aromatic carbocycles. The zero-order chi connectivity index (χ0) is 13.8. The SMILES string of the molecule is CN(Cc1ccccc1Br)c1ccc(CCl)cc1Br. The van der Waals surface area contributed by atoms with Crippen LogP contribution in [0.2, 0.25) is 0 Å². The summed E-state index contributed by atoms with van der Waals surface area (Å²) in [4.78, 5) is 2.21. The molecule has 0 aliphatic heterocycles. The Morgan fingerprint density at radius 2 is 1.79 bits per heavy atom. The Morgan fingerprint density at radius 1 is 1.05 bits per heavy atom. The second kappa shape index (κ2) is 6.78. The average molecular weight is 404 g/mol. The topological polar surface area (TPSA) is 3.24 Å². The van der Waals surface area contributed by atoms with Crippen LogP contribution in [0, 0.1) is 0 Å². The van der Waals surface area contributed by atoms with E-state index in [9.17, 15) is 0 Å². The predicted molar refractivity (Wildman–Crippen MR) is 89.9 cm³/mol. The molecule has 0 spiro atoms. The van der Waals surface area contributed by atoms with Gasteiger partial charge in [-0.1, -0.05) is 40.2 Å². The summed E-state index contributed by atoms with van der Waals surface area (Å²) in [5.74, 6) is 0.535. The van der Waals surface area contributed by atoms with E-state index in [1.54, 1.807) is 0 Å². The third-order valence-corrected chi connectivity index (χ3v) is 4.66. The van der Waals surface area contributed by atoms with Crippen LogP contribution in [0.5, 0.6) is 0 Å². The van der Waals surface area contributed by atoms with E-state index in [0.29, 0.717) is 5.88 Å². The molecule has 0 atom stereocenters. The van der Waals surface area contributed by atoms with Crippen molar-refractivity contribution in [2.75, 3.05) is 11.9 Å². The van der Waals surface area contributed by atoms with Crippen LogP contribution in [0.15, 0.2) is 51.4 Å². The molecule has 0 saturated carbocycles. The van der Waals surface area contributed by atoms with Gasteiger partial charge in [0.15, 0.2) is 0 Å². The lowest BCUT2D eigenvalue weighted by Crippen LogP contribution is -2.17. The van der Waals surface area contributed by atoms with Gasteiger partial charge in [0.2, 0.25) is 0 Å². The lowest BCUT2D eigenvalue weighted by atomic mass is 10.2. The first-order chi connectivity index (χ1) is 9.11. The number of halogens is 3. The fourth-order valence-corrected chi connectivity index (χ4v) is 3.22. The second-order valence-electron chi connectivity index (χ2n) is 4.37. The van der Waals surface area contributed by atoms with Gasteiger partial charge < -0.3 is 4.90 Å². The quantitative estimate of drug-likeness (QED) is 0.602. The van der Waals surface area contributed by atoms with E-state index in [1.165, 1.54) is 5.56 Å². The van der Waals surface area contributed by atoms with Crippen LogP contribution in [0.4, 0.5) is 5.69 Å². The standard InChI is InChI=1S/C15H14Br2ClN/c1-19(10-12-4-2-3-5-13(12)16)15-7-6-11(9-18)8-14(15)17/h2-8H,9-10H2,1H3. The molecule has 0 radical (unpaired) electrons. The minimum atomic E-state index is 0.535. The second-order valence-corrected chi connectivity index (χ2v) is 6.34. The Labute approximate surface area is 135 Å². The monoisotopic (exact) mass is 401 g/mol. The maximum Gasteiger partial charge on any atom is 0.0511 e. The molecule has 0 unspecified atom stereocenters. The van der Waals surface area contributed by atoms with Crippen molar-refractivity contribution in [1.29, 1.82) is 0 Å². The van der Waals surface area contributed by atoms with E-state index in [0.717, 1.165) is 26.7 Å². The van der Waals surface area contributed by atoms with E-state index in [-0.39, 0.29) is 0 Å². The van der Waals surface area contributed by atoms with Crippen LogP contribution >= 0.6 is 43.5 Å². The van der Waals surface area contributed by atoms with Gasteiger partial charge in [0.25, 0.3) is 0 Å². The van der Waals surface area contributed by atoms with Crippen molar-refractivity contribution in [3.05, 3.63) is 62.5 Å². The van der Waals surface area contributed by atoms with E-state index in [1.807, 2.05) is 6.07 Å². The van der Waals surface area contributed by atoms with Crippen LogP contribution in [0.1, 0.15) is 11.1 Å². The Hall–Kier alpha value is -0.510. The molecular formula is C15H14Br2ClN. The summed E-state index contributed by atoms with van der Waals surface area (Å²) in [6.07, 6.45) is 0. The van der Waals surface area contributed by atoms with E-state index >= 15 is 0 Å².